The van der Waals surface area contributed by atoms with Crippen molar-refractivity contribution in [2.75, 3.05) is 5.32 Å². The largest absolute Gasteiger partial charge is 0.478 e. The Hall–Kier alpha value is -2.47. The molecule has 0 spiro atoms. The number of thiophene rings is 1. The second-order valence-electron chi connectivity index (χ2n) is 5.37. The molecule has 2 rings (SSSR count). The van der Waals surface area contributed by atoms with E-state index >= 15 is 0 Å². The molecule has 6 heteroatoms. The van der Waals surface area contributed by atoms with Crippen molar-refractivity contribution in [2.24, 2.45) is 0 Å². The molecule has 0 aliphatic carbocycles. The number of carbonyl (C=O) groups is 3. The third kappa shape index (κ3) is 4.29. The van der Waals surface area contributed by atoms with Crippen LogP contribution in [-0.4, -0.2) is 23.3 Å². The topological polar surface area (TPSA) is 83.5 Å². The number of hydrogen-bond acceptors (Lipinski definition) is 4. The third-order valence-corrected chi connectivity index (χ3v) is 4.61. The van der Waals surface area contributed by atoms with E-state index in [1.165, 1.54) is 11.3 Å². The molecule has 0 fully saturated rings. The third-order valence-electron chi connectivity index (χ3n) is 3.59. The lowest BCUT2D eigenvalue weighted by molar-refractivity contribution is -0.116. The van der Waals surface area contributed by atoms with Gasteiger partial charge in [0.05, 0.1) is 0 Å². The molecule has 2 N–H and O–H groups in total. The summed E-state index contributed by atoms with van der Waals surface area (Å²) < 4.78 is 0. The number of carbonyl (C=O) groups excluding carboxylic acids is 2. The number of amides is 1. The maximum Gasteiger partial charge on any atom is 0.339 e. The van der Waals surface area contributed by atoms with Crippen molar-refractivity contribution in [2.45, 2.75) is 32.6 Å². The smallest absolute Gasteiger partial charge is 0.339 e. The Bertz CT molecular complexity index is 737. The Morgan fingerprint density at radius 2 is 1.92 bits per heavy atom. The van der Waals surface area contributed by atoms with E-state index in [0.29, 0.717) is 29.8 Å². The first-order chi connectivity index (χ1) is 11.5. The van der Waals surface area contributed by atoms with E-state index in [2.05, 4.69) is 5.32 Å². The van der Waals surface area contributed by atoms with Crippen LogP contribution in [0.15, 0.2) is 30.3 Å². The highest BCUT2D eigenvalue weighted by atomic mass is 32.1. The van der Waals surface area contributed by atoms with Gasteiger partial charge in [-0.2, -0.15) is 0 Å². The number of aldehydes is 1. The summed E-state index contributed by atoms with van der Waals surface area (Å²) in [7, 11) is 0. The first-order valence-electron chi connectivity index (χ1n) is 7.70. The van der Waals surface area contributed by atoms with Crippen LogP contribution in [-0.2, 0) is 9.59 Å². The lowest BCUT2D eigenvalue weighted by Gasteiger charge is -2.06. The van der Waals surface area contributed by atoms with Gasteiger partial charge in [0.2, 0.25) is 5.91 Å². The zero-order chi connectivity index (χ0) is 17.5. The summed E-state index contributed by atoms with van der Waals surface area (Å²) in [6, 6.07) is 9.28. The normalized spacial score (nSPS) is 10.4. The molecular weight excluding hydrogens is 326 g/mol. The van der Waals surface area contributed by atoms with Gasteiger partial charge in [0, 0.05) is 23.3 Å². The summed E-state index contributed by atoms with van der Waals surface area (Å²) in [5.41, 5.74) is 1.59. The highest BCUT2D eigenvalue weighted by Gasteiger charge is 2.23. The summed E-state index contributed by atoms with van der Waals surface area (Å²) in [5, 5.41) is 12.7. The highest BCUT2D eigenvalue weighted by Crippen LogP contribution is 2.39. The number of aryl methyl sites for hydroxylation is 1. The van der Waals surface area contributed by atoms with Crippen LogP contribution >= 0.6 is 11.3 Å². The summed E-state index contributed by atoms with van der Waals surface area (Å²) in [6.07, 6.45) is 2.79. The van der Waals surface area contributed by atoms with Gasteiger partial charge in [-0.3, -0.25) is 4.79 Å². The summed E-state index contributed by atoms with van der Waals surface area (Å²) in [6.45, 7) is 1.85. The van der Waals surface area contributed by atoms with Crippen molar-refractivity contribution in [3.8, 4) is 11.1 Å². The van der Waals surface area contributed by atoms with Gasteiger partial charge in [-0.05, 0) is 25.3 Å². The average molecular weight is 345 g/mol. The Morgan fingerprint density at radius 3 is 2.54 bits per heavy atom. The summed E-state index contributed by atoms with van der Waals surface area (Å²) in [4.78, 5) is 34.9. The van der Waals surface area contributed by atoms with Crippen LogP contribution in [0.4, 0.5) is 5.00 Å². The van der Waals surface area contributed by atoms with Crippen LogP contribution in [0.2, 0.25) is 0 Å². The predicted octanol–water partition coefficient (Wildman–Crippen LogP) is 4.12. The molecule has 24 heavy (non-hydrogen) atoms. The van der Waals surface area contributed by atoms with E-state index in [9.17, 15) is 19.5 Å². The standard InChI is InChI=1S/C18H19NO4S/c1-12-15(13-8-4-2-5-9-13)16(18(22)23)17(24-12)19-14(21)10-6-3-7-11-20/h2,4-5,8-9,11H,3,6-7,10H2,1H3,(H,19,21)(H,22,23). The van der Waals surface area contributed by atoms with E-state index < -0.39 is 5.97 Å². The molecule has 2 aromatic rings. The fraction of sp³-hybridized carbons (Fsp3) is 0.278. The number of unbranched alkanes of at least 4 members (excludes halogenated alkanes) is 2. The first-order valence-corrected chi connectivity index (χ1v) is 8.51. The first kappa shape index (κ1) is 17.9. The molecule has 126 valence electrons. The van der Waals surface area contributed by atoms with Crippen molar-refractivity contribution in [3.05, 3.63) is 40.8 Å². The number of rotatable bonds is 8. The van der Waals surface area contributed by atoms with Gasteiger partial charge >= 0.3 is 5.97 Å². The van der Waals surface area contributed by atoms with Crippen molar-refractivity contribution in [1.29, 1.82) is 0 Å². The van der Waals surface area contributed by atoms with Crippen LogP contribution in [0.25, 0.3) is 11.1 Å². The van der Waals surface area contributed by atoms with Crippen molar-refractivity contribution < 1.29 is 19.5 Å². The van der Waals surface area contributed by atoms with Gasteiger partial charge in [0.1, 0.15) is 16.9 Å². The Morgan fingerprint density at radius 1 is 1.21 bits per heavy atom. The molecule has 0 radical (unpaired) electrons. The number of benzene rings is 1. The fourth-order valence-electron chi connectivity index (χ4n) is 2.49. The maximum atomic E-state index is 12.0. The Balaban J connectivity index is 2.23. The fourth-order valence-corrected chi connectivity index (χ4v) is 3.58. The zero-order valence-electron chi connectivity index (χ0n) is 13.4. The molecular formula is C18H19NO4S. The number of anilines is 1. The lowest BCUT2D eigenvalue weighted by Crippen LogP contribution is -2.13. The number of nitrogens with one attached hydrogen (secondary N) is 1. The number of hydrogen-bond donors (Lipinski definition) is 2. The van der Waals surface area contributed by atoms with Gasteiger partial charge in [-0.25, -0.2) is 4.79 Å². The monoisotopic (exact) mass is 345 g/mol. The van der Waals surface area contributed by atoms with Crippen LogP contribution in [0.3, 0.4) is 0 Å². The molecule has 0 aliphatic rings. The molecule has 1 amide bonds. The van der Waals surface area contributed by atoms with Crippen LogP contribution in [0, 0.1) is 6.92 Å². The average Bonchev–Trinajstić information content (AvgIpc) is 2.88. The lowest BCUT2D eigenvalue weighted by atomic mass is 10.0. The summed E-state index contributed by atoms with van der Waals surface area (Å²) in [5.74, 6) is -1.29. The van der Waals surface area contributed by atoms with E-state index in [4.69, 9.17) is 0 Å². The van der Waals surface area contributed by atoms with Crippen LogP contribution in [0.5, 0.6) is 0 Å². The molecule has 0 atom stereocenters. The number of carboxylic acid groups (broad SMARTS) is 1. The Labute approximate surface area is 144 Å². The molecule has 0 saturated heterocycles. The molecule has 1 aromatic heterocycles. The highest BCUT2D eigenvalue weighted by molar-refractivity contribution is 7.17. The van der Waals surface area contributed by atoms with Crippen molar-refractivity contribution in [1.82, 2.24) is 0 Å². The molecule has 0 aliphatic heterocycles. The van der Waals surface area contributed by atoms with Crippen LogP contribution in [0.1, 0.15) is 40.9 Å². The van der Waals surface area contributed by atoms with Crippen molar-refractivity contribution in [3.63, 3.8) is 0 Å². The van der Waals surface area contributed by atoms with E-state index in [1.807, 2.05) is 37.3 Å². The molecule has 1 aromatic carbocycles. The minimum atomic E-state index is -1.06. The van der Waals surface area contributed by atoms with Gasteiger partial charge < -0.3 is 15.2 Å². The molecule has 0 bridgehead atoms. The minimum Gasteiger partial charge on any atom is -0.478 e. The maximum absolute atomic E-state index is 12.0. The second-order valence-corrected chi connectivity index (χ2v) is 6.59. The van der Waals surface area contributed by atoms with E-state index in [0.717, 1.165) is 16.7 Å². The number of carboxylic acids is 1. The zero-order valence-corrected chi connectivity index (χ0v) is 14.2. The summed E-state index contributed by atoms with van der Waals surface area (Å²) >= 11 is 1.27. The van der Waals surface area contributed by atoms with E-state index in [-0.39, 0.29) is 17.9 Å². The van der Waals surface area contributed by atoms with Gasteiger partial charge in [0.25, 0.3) is 0 Å². The predicted molar refractivity (Wildman–Crippen MR) is 94.6 cm³/mol. The Kier molecular flexibility index (Phi) is 6.26. The molecule has 5 nitrogen and oxygen atoms in total. The van der Waals surface area contributed by atoms with Gasteiger partial charge in [0.15, 0.2) is 0 Å². The van der Waals surface area contributed by atoms with Gasteiger partial charge in [-0.1, -0.05) is 30.3 Å². The molecule has 0 unspecified atom stereocenters. The van der Waals surface area contributed by atoms with Gasteiger partial charge in [-0.15, -0.1) is 11.3 Å². The SMILES string of the molecule is Cc1sc(NC(=O)CCCCC=O)c(C(=O)O)c1-c1ccccc1. The second kappa shape index (κ2) is 8.40. The van der Waals surface area contributed by atoms with Crippen molar-refractivity contribution >= 4 is 34.5 Å². The number of aromatic carboxylic acids is 1. The van der Waals surface area contributed by atoms with Crippen LogP contribution < -0.4 is 5.32 Å². The molecule has 0 saturated carbocycles. The quantitative estimate of drug-likeness (QED) is 0.557. The van der Waals surface area contributed by atoms with E-state index in [1.54, 1.807) is 0 Å². The molecule has 1 heterocycles. The minimum absolute atomic E-state index is 0.130.